The van der Waals surface area contributed by atoms with Crippen molar-refractivity contribution in [3.05, 3.63) is 40.8 Å². The first-order valence-corrected chi connectivity index (χ1v) is 11.5. The average Bonchev–Trinajstić information content (AvgIpc) is 2.80. The number of pyridine rings is 2. The van der Waals surface area contributed by atoms with Crippen LogP contribution in [0.25, 0.3) is 0 Å². The zero-order valence-corrected chi connectivity index (χ0v) is 20.6. The van der Waals surface area contributed by atoms with Crippen molar-refractivity contribution in [2.75, 3.05) is 50.2 Å². The lowest BCUT2D eigenvalue weighted by molar-refractivity contribution is -0.134. The third kappa shape index (κ3) is 5.55. The van der Waals surface area contributed by atoms with Crippen LogP contribution in [0.4, 0.5) is 17.2 Å². The molecule has 1 unspecified atom stereocenters. The van der Waals surface area contributed by atoms with Crippen LogP contribution < -0.4 is 9.80 Å². The minimum absolute atomic E-state index is 0.0141. The molecule has 0 spiro atoms. The summed E-state index contributed by atoms with van der Waals surface area (Å²) in [4.78, 5) is 27.5. The van der Waals surface area contributed by atoms with Gasteiger partial charge in [0.15, 0.2) is 0 Å². The van der Waals surface area contributed by atoms with E-state index in [2.05, 4.69) is 29.8 Å². The monoisotopic (exact) mass is 470 g/mol. The molecule has 0 saturated carbocycles. The molecular formula is C24H31ClN6O2. The van der Waals surface area contributed by atoms with E-state index in [9.17, 15) is 10.1 Å². The standard InChI is InChI=1S/C24H31ClN6O2/c1-16(2)23-20(29(4)19-6-8-27-21(25)13-19)12-18(14-26)24(28-23)30-9-10-31(17(3)15-30)22(32)7-11-33-5/h6,8,12-13,16-17H,7,9-11,15H2,1-5H3. The first kappa shape index (κ1) is 24.7. The fourth-order valence-electron chi connectivity index (χ4n) is 4.12. The summed E-state index contributed by atoms with van der Waals surface area (Å²) in [6.07, 6.45) is 2.03. The molecule has 1 atom stereocenters. The Morgan fingerprint density at radius 3 is 2.76 bits per heavy atom. The van der Waals surface area contributed by atoms with Gasteiger partial charge in [0.05, 0.1) is 30.0 Å². The Kier molecular flexibility index (Phi) is 8.11. The van der Waals surface area contributed by atoms with Crippen LogP contribution >= 0.6 is 11.6 Å². The Hall–Kier alpha value is -2.89. The molecule has 33 heavy (non-hydrogen) atoms. The van der Waals surface area contributed by atoms with Gasteiger partial charge in [-0.05, 0) is 31.0 Å². The molecule has 3 heterocycles. The predicted octanol–water partition coefficient (Wildman–Crippen LogP) is 3.97. The highest BCUT2D eigenvalue weighted by Crippen LogP contribution is 2.35. The summed E-state index contributed by atoms with van der Waals surface area (Å²) in [6, 6.07) is 7.89. The van der Waals surface area contributed by atoms with Gasteiger partial charge >= 0.3 is 0 Å². The highest BCUT2D eigenvalue weighted by Gasteiger charge is 2.30. The number of amides is 1. The molecule has 2 aromatic heterocycles. The fraction of sp³-hybridized carbons (Fsp3) is 0.500. The topological polar surface area (TPSA) is 85.6 Å². The zero-order valence-electron chi connectivity index (χ0n) is 19.9. The van der Waals surface area contributed by atoms with Crippen LogP contribution in [0.5, 0.6) is 0 Å². The minimum atomic E-state index is 0.0141. The number of piperazine rings is 1. The van der Waals surface area contributed by atoms with Crippen LogP contribution in [0.2, 0.25) is 5.15 Å². The highest BCUT2D eigenvalue weighted by molar-refractivity contribution is 6.29. The molecule has 0 aliphatic carbocycles. The molecule has 1 aliphatic heterocycles. The number of hydrogen-bond acceptors (Lipinski definition) is 7. The van der Waals surface area contributed by atoms with E-state index in [0.717, 1.165) is 17.1 Å². The minimum Gasteiger partial charge on any atom is -0.384 e. The average molecular weight is 471 g/mol. The van der Waals surface area contributed by atoms with Gasteiger partial charge in [0.1, 0.15) is 17.0 Å². The van der Waals surface area contributed by atoms with Gasteiger partial charge in [0.25, 0.3) is 0 Å². The number of carbonyl (C=O) groups excluding carboxylic acids is 1. The third-order valence-electron chi connectivity index (χ3n) is 5.90. The molecule has 0 aromatic carbocycles. The lowest BCUT2D eigenvalue weighted by Gasteiger charge is -2.41. The lowest BCUT2D eigenvalue weighted by atomic mass is 10.0. The largest absolute Gasteiger partial charge is 0.384 e. The van der Waals surface area contributed by atoms with Crippen LogP contribution in [0, 0.1) is 11.3 Å². The summed E-state index contributed by atoms with van der Waals surface area (Å²) < 4.78 is 5.05. The number of anilines is 3. The number of halogens is 1. The van der Waals surface area contributed by atoms with Crippen LogP contribution in [0.1, 0.15) is 44.4 Å². The van der Waals surface area contributed by atoms with Crippen molar-refractivity contribution in [3.8, 4) is 6.07 Å². The van der Waals surface area contributed by atoms with Crippen molar-refractivity contribution < 1.29 is 9.53 Å². The van der Waals surface area contributed by atoms with Gasteiger partial charge in [0.2, 0.25) is 5.91 Å². The van der Waals surface area contributed by atoms with E-state index in [4.69, 9.17) is 21.3 Å². The zero-order chi connectivity index (χ0) is 24.1. The van der Waals surface area contributed by atoms with E-state index < -0.39 is 0 Å². The molecule has 176 valence electrons. The lowest BCUT2D eigenvalue weighted by Crippen LogP contribution is -2.54. The van der Waals surface area contributed by atoms with Crippen molar-refractivity contribution in [2.45, 2.75) is 39.2 Å². The quantitative estimate of drug-likeness (QED) is 0.566. The number of methoxy groups -OCH3 is 1. The summed E-state index contributed by atoms with van der Waals surface area (Å²) in [5.41, 5.74) is 3.12. The Morgan fingerprint density at radius 1 is 1.39 bits per heavy atom. The molecular weight excluding hydrogens is 440 g/mol. The molecule has 0 bridgehead atoms. The Morgan fingerprint density at radius 2 is 2.15 bits per heavy atom. The maximum atomic E-state index is 12.5. The van der Waals surface area contributed by atoms with Gasteiger partial charge in [-0.2, -0.15) is 5.26 Å². The van der Waals surface area contributed by atoms with E-state index in [-0.39, 0.29) is 17.9 Å². The number of nitrogens with zero attached hydrogens (tertiary/aromatic N) is 6. The van der Waals surface area contributed by atoms with Crippen molar-refractivity contribution >= 4 is 34.7 Å². The number of carbonyl (C=O) groups is 1. The molecule has 9 heteroatoms. The first-order valence-electron chi connectivity index (χ1n) is 11.1. The third-order valence-corrected chi connectivity index (χ3v) is 6.11. The van der Waals surface area contributed by atoms with Gasteiger partial charge < -0.3 is 19.4 Å². The second-order valence-electron chi connectivity index (χ2n) is 8.55. The van der Waals surface area contributed by atoms with Gasteiger partial charge in [-0.15, -0.1) is 0 Å². The molecule has 3 rings (SSSR count). The molecule has 1 saturated heterocycles. The number of rotatable bonds is 7. The van der Waals surface area contributed by atoms with Crippen LogP contribution in [0.3, 0.4) is 0 Å². The maximum Gasteiger partial charge on any atom is 0.225 e. The molecule has 1 amide bonds. The van der Waals surface area contributed by atoms with Crippen molar-refractivity contribution in [2.24, 2.45) is 0 Å². The van der Waals surface area contributed by atoms with Crippen LogP contribution in [-0.2, 0) is 9.53 Å². The molecule has 0 N–H and O–H groups in total. The number of nitriles is 1. The van der Waals surface area contributed by atoms with Gasteiger partial charge in [-0.25, -0.2) is 9.97 Å². The Labute approximate surface area is 200 Å². The molecule has 1 aliphatic rings. The van der Waals surface area contributed by atoms with E-state index in [0.29, 0.717) is 49.2 Å². The van der Waals surface area contributed by atoms with Crippen molar-refractivity contribution in [1.82, 2.24) is 14.9 Å². The molecule has 1 fully saturated rings. The Balaban J connectivity index is 1.92. The number of aromatic nitrogens is 2. The van der Waals surface area contributed by atoms with Crippen molar-refractivity contribution in [1.29, 1.82) is 5.26 Å². The van der Waals surface area contributed by atoms with Crippen LogP contribution in [0.15, 0.2) is 24.4 Å². The highest BCUT2D eigenvalue weighted by atomic mass is 35.5. The number of ether oxygens (including phenoxy) is 1. The number of hydrogen-bond donors (Lipinski definition) is 0. The normalized spacial score (nSPS) is 16.1. The second-order valence-corrected chi connectivity index (χ2v) is 8.94. The van der Waals surface area contributed by atoms with E-state index in [1.807, 2.05) is 35.9 Å². The van der Waals surface area contributed by atoms with E-state index in [1.165, 1.54) is 0 Å². The van der Waals surface area contributed by atoms with Crippen molar-refractivity contribution in [3.63, 3.8) is 0 Å². The van der Waals surface area contributed by atoms with Crippen LogP contribution in [-0.4, -0.2) is 67.2 Å². The maximum absolute atomic E-state index is 12.5. The van der Waals surface area contributed by atoms with E-state index >= 15 is 0 Å². The second kappa shape index (κ2) is 10.8. The summed E-state index contributed by atoms with van der Waals surface area (Å²) in [5, 5.41) is 10.4. The summed E-state index contributed by atoms with van der Waals surface area (Å²) in [6.45, 7) is 8.45. The predicted molar refractivity (Wildman–Crippen MR) is 130 cm³/mol. The Bertz CT molecular complexity index is 1040. The first-order chi connectivity index (χ1) is 15.8. The molecule has 0 radical (unpaired) electrons. The van der Waals surface area contributed by atoms with Gasteiger partial charge in [-0.3, -0.25) is 4.79 Å². The summed E-state index contributed by atoms with van der Waals surface area (Å²) >= 11 is 6.09. The smallest absolute Gasteiger partial charge is 0.225 e. The van der Waals surface area contributed by atoms with Gasteiger partial charge in [0, 0.05) is 51.7 Å². The summed E-state index contributed by atoms with van der Waals surface area (Å²) in [5.74, 6) is 0.899. The summed E-state index contributed by atoms with van der Waals surface area (Å²) in [7, 11) is 3.53. The van der Waals surface area contributed by atoms with Gasteiger partial charge in [-0.1, -0.05) is 25.4 Å². The SMILES string of the molecule is COCCC(=O)N1CCN(c2nc(C(C)C)c(N(C)c3ccnc(Cl)c3)cc2C#N)CC1C. The fourth-order valence-corrected chi connectivity index (χ4v) is 4.29. The molecule has 8 nitrogen and oxygen atoms in total. The van der Waals surface area contributed by atoms with E-state index in [1.54, 1.807) is 19.4 Å². The molecule has 2 aromatic rings.